The highest BCUT2D eigenvalue weighted by Gasteiger charge is 2.26. The molecule has 7 nitrogen and oxygen atoms in total. The fourth-order valence-corrected chi connectivity index (χ4v) is 4.18. The molecule has 3 aromatic carbocycles. The highest BCUT2D eigenvalue weighted by Crippen LogP contribution is 2.32. The highest BCUT2D eigenvalue weighted by molar-refractivity contribution is 6.04. The van der Waals surface area contributed by atoms with Crippen molar-refractivity contribution < 1.29 is 18.7 Å². The molecule has 1 aromatic heterocycles. The molecule has 0 radical (unpaired) electrons. The van der Waals surface area contributed by atoms with Crippen LogP contribution in [0.3, 0.4) is 0 Å². The van der Waals surface area contributed by atoms with E-state index < -0.39 is 11.7 Å². The predicted octanol–water partition coefficient (Wildman–Crippen LogP) is 4.66. The fraction of sp³-hybridized carbons (Fsp3) is 0.148. The second-order valence-electron chi connectivity index (χ2n) is 8.32. The summed E-state index contributed by atoms with van der Waals surface area (Å²) in [6.07, 6.45) is 0. The second kappa shape index (κ2) is 9.42. The average Bonchev–Trinajstić information content (AvgIpc) is 3.13. The lowest BCUT2D eigenvalue weighted by Gasteiger charge is -2.12. The van der Waals surface area contributed by atoms with Crippen LogP contribution in [-0.4, -0.2) is 23.8 Å². The monoisotopic (exact) mass is 472 g/mol. The van der Waals surface area contributed by atoms with Crippen LogP contribution in [0.5, 0.6) is 0 Å². The number of imidazole rings is 1. The molecule has 2 amide bonds. The Balaban J connectivity index is 1.71. The smallest absolute Gasteiger partial charge is 0.300 e. The molecule has 0 saturated heterocycles. The number of aromatic amines is 1. The molecule has 0 fully saturated rings. The number of halogens is 1. The number of aryl methyl sites for hydroxylation is 3. The van der Waals surface area contributed by atoms with Gasteiger partial charge in [-0.3, -0.25) is 9.59 Å². The minimum atomic E-state index is -0.633. The van der Waals surface area contributed by atoms with Crippen LogP contribution in [0.25, 0.3) is 22.5 Å². The van der Waals surface area contributed by atoms with Crippen molar-refractivity contribution in [1.82, 2.24) is 10.3 Å². The Kier molecular flexibility index (Phi) is 6.38. The van der Waals surface area contributed by atoms with E-state index in [0.717, 1.165) is 16.7 Å². The van der Waals surface area contributed by atoms with Gasteiger partial charge in [-0.15, -0.1) is 0 Å². The van der Waals surface area contributed by atoms with E-state index in [-0.39, 0.29) is 17.4 Å². The van der Waals surface area contributed by atoms with Crippen LogP contribution in [0, 0.1) is 31.8 Å². The summed E-state index contributed by atoms with van der Waals surface area (Å²) in [6.45, 7) is 5.43. The molecule has 4 rings (SSSR count). The van der Waals surface area contributed by atoms with Crippen molar-refractivity contribution >= 4 is 17.5 Å². The third kappa shape index (κ3) is 4.50. The van der Waals surface area contributed by atoms with Crippen LogP contribution in [0.2, 0.25) is 0 Å². The molecule has 178 valence electrons. The summed E-state index contributed by atoms with van der Waals surface area (Å²) < 4.78 is 15.3. The van der Waals surface area contributed by atoms with Gasteiger partial charge in [0.25, 0.3) is 17.6 Å². The number of rotatable bonds is 5. The van der Waals surface area contributed by atoms with Crippen LogP contribution in [0.15, 0.2) is 60.7 Å². The zero-order chi connectivity index (χ0) is 25.3. The number of aromatic nitrogens is 2. The molecule has 0 bridgehead atoms. The lowest BCUT2D eigenvalue weighted by molar-refractivity contribution is -0.594. The maximum atomic E-state index is 14.8. The molecule has 35 heavy (non-hydrogen) atoms. The Hall–Kier alpha value is -4.46. The molecule has 8 heteroatoms. The summed E-state index contributed by atoms with van der Waals surface area (Å²) in [6, 6.07) is 16.5. The van der Waals surface area contributed by atoms with Crippen molar-refractivity contribution in [2.45, 2.75) is 20.8 Å². The molecule has 1 heterocycles. The Morgan fingerprint density at radius 2 is 1.63 bits per heavy atom. The molecule has 0 unspecified atom stereocenters. The van der Waals surface area contributed by atoms with E-state index >= 15 is 0 Å². The number of carbonyl (C=O) groups is 2. The number of nitrogens with zero attached hydrogens (tertiary/aromatic N) is 1. The second-order valence-corrected chi connectivity index (χ2v) is 8.32. The first-order valence-corrected chi connectivity index (χ1v) is 11.0. The summed E-state index contributed by atoms with van der Waals surface area (Å²) in [4.78, 5) is 27.8. The molecular formula is C27H25FN4O3. The average molecular weight is 473 g/mol. The molecule has 0 saturated carbocycles. The Morgan fingerprint density at radius 3 is 2.31 bits per heavy atom. The van der Waals surface area contributed by atoms with E-state index in [9.17, 15) is 19.2 Å². The standard InChI is InChI=1S/C27H25FN4O3/c1-15-7-5-8-16(2)23(15)21-14-18(11-12-22(21)28)25-30-17(3)24(32(25)35)27(34)31-20-10-6-9-19(13-20)26(33)29-4/h5-14,30H,1-4H3,(H,29,33)(H,31,34). The topological polar surface area (TPSA) is 101 Å². The highest BCUT2D eigenvalue weighted by atomic mass is 19.1. The van der Waals surface area contributed by atoms with Crippen molar-refractivity contribution in [3.8, 4) is 22.5 Å². The number of benzene rings is 3. The first-order chi connectivity index (χ1) is 16.7. The first kappa shape index (κ1) is 23.7. The Labute approximate surface area is 202 Å². The Bertz CT molecular complexity index is 1440. The van der Waals surface area contributed by atoms with Crippen molar-refractivity contribution in [2.24, 2.45) is 0 Å². The van der Waals surface area contributed by atoms with Crippen LogP contribution in [0.1, 0.15) is 37.7 Å². The molecule has 0 atom stereocenters. The van der Waals surface area contributed by atoms with Crippen LogP contribution >= 0.6 is 0 Å². The molecule has 0 aliphatic heterocycles. The van der Waals surface area contributed by atoms with Gasteiger partial charge < -0.3 is 15.8 Å². The van der Waals surface area contributed by atoms with Crippen molar-refractivity contribution in [3.63, 3.8) is 0 Å². The summed E-state index contributed by atoms with van der Waals surface area (Å²) in [5.74, 6) is -1.21. The largest absolute Gasteiger partial charge is 0.710 e. The quantitative estimate of drug-likeness (QED) is 0.291. The zero-order valence-corrected chi connectivity index (χ0v) is 19.8. The maximum Gasteiger partial charge on any atom is 0.300 e. The molecular weight excluding hydrogens is 447 g/mol. The summed E-state index contributed by atoms with van der Waals surface area (Å²) >= 11 is 0. The van der Waals surface area contributed by atoms with Gasteiger partial charge in [0.2, 0.25) is 5.69 Å². The van der Waals surface area contributed by atoms with Gasteiger partial charge in [0.05, 0.1) is 5.56 Å². The number of hydrogen-bond acceptors (Lipinski definition) is 3. The van der Waals surface area contributed by atoms with Gasteiger partial charge in [-0.1, -0.05) is 24.3 Å². The molecule has 0 spiro atoms. The van der Waals surface area contributed by atoms with Gasteiger partial charge in [-0.2, -0.15) is 0 Å². The van der Waals surface area contributed by atoms with Gasteiger partial charge in [0.15, 0.2) is 5.69 Å². The van der Waals surface area contributed by atoms with E-state index in [1.54, 1.807) is 31.2 Å². The maximum absolute atomic E-state index is 14.8. The summed E-state index contributed by atoms with van der Waals surface area (Å²) in [5, 5.41) is 18.4. The van der Waals surface area contributed by atoms with E-state index in [1.165, 1.54) is 25.2 Å². The fourth-order valence-electron chi connectivity index (χ4n) is 4.18. The first-order valence-electron chi connectivity index (χ1n) is 11.0. The van der Waals surface area contributed by atoms with Crippen LogP contribution in [0.4, 0.5) is 10.1 Å². The van der Waals surface area contributed by atoms with Crippen molar-refractivity contribution in [3.05, 3.63) is 99.8 Å². The SMILES string of the molecule is CNC(=O)c1cccc(NC(=O)c2c(C)[nH]c(-c3ccc(F)c(-c4c(C)cccc4C)c3)[n+]2[O-])c1. The molecule has 4 aromatic rings. The summed E-state index contributed by atoms with van der Waals surface area (Å²) in [7, 11) is 1.51. The Morgan fingerprint density at radius 1 is 0.943 bits per heavy atom. The number of hydrogen-bond donors (Lipinski definition) is 3. The summed E-state index contributed by atoms with van der Waals surface area (Å²) in [5.41, 5.74) is 4.40. The van der Waals surface area contributed by atoms with Gasteiger partial charge >= 0.3 is 0 Å². The van der Waals surface area contributed by atoms with E-state index in [1.807, 2.05) is 32.0 Å². The van der Waals surface area contributed by atoms with Crippen molar-refractivity contribution in [1.29, 1.82) is 0 Å². The van der Waals surface area contributed by atoms with Gasteiger partial charge in [0, 0.05) is 30.8 Å². The normalized spacial score (nSPS) is 10.8. The predicted molar refractivity (Wildman–Crippen MR) is 133 cm³/mol. The number of amides is 2. The van der Waals surface area contributed by atoms with E-state index in [0.29, 0.717) is 32.8 Å². The van der Waals surface area contributed by atoms with Gasteiger partial charge in [0.1, 0.15) is 5.82 Å². The van der Waals surface area contributed by atoms with Gasteiger partial charge in [-0.25, -0.2) is 14.1 Å². The zero-order valence-electron chi connectivity index (χ0n) is 19.8. The number of anilines is 1. The third-order valence-electron chi connectivity index (χ3n) is 5.88. The van der Waals surface area contributed by atoms with Gasteiger partial charge in [-0.05, 0) is 66.9 Å². The third-order valence-corrected chi connectivity index (χ3v) is 5.88. The van der Waals surface area contributed by atoms with Crippen LogP contribution < -0.4 is 15.4 Å². The number of carbonyl (C=O) groups excluding carboxylic acids is 2. The number of nitrogens with one attached hydrogen (secondary N) is 3. The molecule has 3 N–H and O–H groups in total. The minimum absolute atomic E-state index is 0.122. The minimum Gasteiger partial charge on any atom is -0.710 e. The van der Waals surface area contributed by atoms with Crippen molar-refractivity contribution in [2.75, 3.05) is 12.4 Å². The lowest BCUT2D eigenvalue weighted by atomic mass is 9.94. The van der Waals surface area contributed by atoms with Crippen LogP contribution in [-0.2, 0) is 0 Å². The molecule has 0 aliphatic carbocycles. The number of H-pyrrole nitrogens is 1. The lowest BCUT2D eigenvalue weighted by Crippen LogP contribution is -2.36. The van der Waals surface area contributed by atoms with E-state index in [2.05, 4.69) is 15.6 Å². The van der Waals surface area contributed by atoms with E-state index in [4.69, 9.17) is 0 Å². The molecule has 0 aliphatic rings.